The van der Waals surface area contributed by atoms with Crippen LogP contribution >= 0.6 is 23.4 Å². The molecule has 1 aliphatic heterocycles. The zero-order chi connectivity index (χ0) is 28.0. The van der Waals surface area contributed by atoms with E-state index in [1.165, 1.54) is 6.92 Å². The molecular formula is C26H41CeClF2N7S-. The van der Waals surface area contributed by atoms with Crippen molar-refractivity contribution >= 4 is 44.7 Å². The number of allylic oxidation sites excluding steroid dienone is 1. The summed E-state index contributed by atoms with van der Waals surface area (Å²) in [5.41, 5.74) is 6.78. The number of aromatic nitrogens is 2. The number of piperazine rings is 1. The largest absolute Gasteiger partial charge is 0.444 e. The van der Waals surface area contributed by atoms with Crippen LogP contribution in [0.1, 0.15) is 45.9 Å². The van der Waals surface area contributed by atoms with Crippen LogP contribution in [0.5, 0.6) is 0 Å². The third-order valence-electron chi connectivity index (χ3n) is 5.46. The fraction of sp³-hybridized carbons (Fsp3) is 0.577. The Bertz CT molecular complexity index is 991. The molecule has 3 heterocycles. The van der Waals surface area contributed by atoms with E-state index in [1.807, 2.05) is 12.1 Å². The molecule has 1 fully saturated rings. The molecule has 1 saturated heterocycles. The molecule has 1 aliphatic rings. The molecule has 0 bridgehead atoms. The summed E-state index contributed by atoms with van der Waals surface area (Å²) in [5.74, 6) is 0.942. The zero-order valence-corrected chi connectivity index (χ0v) is 27.6. The summed E-state index contributed by atoms with van der Waals surface area (Å²) in [5, 5.41) is 15.8. The summed E-state index contributed by atoms with van der Waals surface area (Å²) in [6.07, 6.45) is 4.74. The minimum atomic E-state index is -1.42. The fourth-order valence-corrected chi connectivity index (χ4v) is 4.01. The van der Waals surface area contributed by atoms with Gasteiger partial charge >= 0.3 is 0 Å². The van der Waals surface area contributed by atoms with Gasteiger partial charge in [-0.1, -0.05) is 43.4 Å². The summed E-state index contributed by atoms with van der Waals surface area (Å²) in [7, 11) is 2.09. The second-order valence-electron chi connectivity index (χ2n) is 8.99. The molecule has 12 heteroatoms. The third-order valence-corrected chi connectivity index (χ3v) is 6.66. The molecule has 0 aliphatic carbocycles. The molecule has 0 radical (unpaired) electrons. The van der Waals surface area contributed by atoms with E-state index in [1.54, 1.807) is 10.6 Å². The number of anilines is 1. The van der Waals surface area contributed by atoms with Crippen molar-refractivity contribution in [1.29, 1.82) is 10.8 Å². The Morgan fingerprint density at radius 1 is 1.24 bits per heavy atom. The summed E-state index contributed by atoms with van der Waals surface area (Å²) in [6.45, 7) is 13.2. The standard InChI is InChI=1S/C16H19ClFN6S.C5H12FN.C5H10.Ce/c1-10(18)14(19)25-15(20)16-21-13(17)12-11(4-3-5-24(12)16)23-8-6-22(2)7-9-23;6-4-2-1-3-5-7;1-4-5(2)3;/h4-5,10,19-20H,6-9H2,1-2H3;1-5,7H2;4-5H,1H2,2-3H3;/q-1;;;. The monoisotopic (exact) mass is 696 g/mol. The Hall–Kier alpha value is -0.633. The molecule has 0 spiro atoms. The Kier molecular flexibility index (Phi) is 19.9. The molecule has 0 amide bonds. The van der Waals surface area contributed by atoms with Crippen LogP contribution in [0.4, 0.5) is 14.5 Å². The Morgan fingerprint density at radius 2 is 1.84 bits per heavy atom. The topological polar surface area (TPSA) is 97.5 Å². The van der Waals surface area contributed by atoms with Crippen molar-refractivity contribution in [2.75, 3.05) is 51.3 Å². The van der Waals surface area contributed by atoms with Crippen molar-refractivity contribution in [2.45, 2.75) is 46.2 Å². The van der Waals surface area contributed by atoms with Crippen LogP contribution in [0.2, 0.25) is 5.15 Å². The van der Waals surface area contributed by atoms with Gasteiger partial charge in [0.1, 0.15) is 21.4 Å². The maximum atomic E-state index is 13.2. The minimum Gasteiger partial charge on any atom is -0.444 e. The molecule has 1 atom stereocenters. The average molecular weight is 697 g/mol. The second kappa shape index (κ2) is 20.3. The summed E-state index contributed by atoms with van der Waals surface area (Å²) < 4.78 is 26.2. The van der Waals surface area contributed by atoms with Crippen LogP contribution < -0.4 is 10.6 Å². The first-order valence-electron chi connectivity index (χ1n) is 12.5. The van der Waals surface area contributed by atoms with E-state index in [2.05, 4.69) is 48.3 Å². The molecule has 0 aromatic carbocycles. The van der Waals surface area contributed by atoms with Gasteiger partial charge in [-0.05, 0) is 57.5 Å². The molecule has 212 valence electrons. The quantitative estimate of drug-likeness (QED) is 0.106. The van der Waals surface area contributed by atoms with Gasteiger partial charge < -0.3 is 19.9 Å². The van der Waals surface area contributed by atoms with E-state index in [0.717, 1.165) is 56.5 Å². The third kappa shape index (κ3) is 12.7. The molecule has 7 nitrogen and oxygen atoms in total. The number of hydrogen-bond donors (Lipinski definition) is 3. The van der Waals surface area contributed by atoms with Gasteiger partial charge in [-0.25, -0.2) is 21.5 Å². The van der Waals surface area contributed by atoms with E-state index in [0.29, 0.717) is 35.4 Å². The van der Waals surface area contributed by atoms with Crippen LogP contribution in [0.25, 0.3) is 5.52 Å². The van der Waals surface area contributed by atoms with E-state index in [9.17, 15) is 8.78 Å². The van der Waals surface area contributed by atoms with Gasteiger partial charge in [0.15, 0.2) is 5.82 Å². The first-order valence-corrected chi connectivity index (χ1v) is 13.7. The summed E-state index contributed by atoms with van der Waals surface area (Å²) in [4.78, 5) is 8.77. The number of thioether (sulfide) groups is 1. The van der Waals surface area contributed by atoms with Crippen molar-refractivity contribution in [3.63, 3.8) is 0 Å². The first kappa shape index (κ1) is 37.4. The van der Waals surface area contributed by atoms with E-state index in [-0.39, 0.29) is 58.5 Å². The maximum Gasteiger partial charge on any atom is 0.168 e. The Morgan fingerprint density at radius 3 is 2.34 bits per heavy atom. The number of imidazole rings is 1. The van der Waals surface area contributed by atoms with Crippen LogP contribution in [0, 0.1) is 64.6 Å². The number of nitrogens with one attached hydrogen (secondary N) is 2. The van der Waals surface area contributed by atoms with Crippen molar-refractivity contribution in [3.05, 3.63) is 42.0 Å². The van der Waals surface area contributed by atoms with Crippen LogP contribution in [0.3, 0.4) is 0 Å². The molecule has 2 aromatic rings. The number of nitrogens with zero attached hydrogens (tertiary/aromatic N) is 4. The average Bonchev–Trinajstić information content (AvgIpc) is 3.22. The van der Waals surface area contributed by atoms with E-state index in [4.69, 9.17) is 28.2 Å². The second-order valence-corrected chi connectivity index (χ2v) is 10.4. The molecule has 4 N–H and O–H groups in total. The Balaban J connectivity index is 0.000000885. The van der Waals surface area contributed by atoms with E-state index >= 15 is 0 Å². The van der Waals surface area contributed by atoms with Gasteiger partial charge in [-0.15, -0.1) is 6.58 Å². The van der Waals surface area contributed by atoms with Gasteiger partial charge in [-0.2, -0.15) is 0 Å². The molecule has 38 heavy (non-hydrogen) atoms. The van der Waals surface area contributed by atoms with Crippen LogP contribution in [0.15, 0.2) is 24.9 Å². The number of rotatable bonds is 8. The molecular weight excluding hydrogens is 656 g/mol. The SMILES string of the molecule is C=CC(C)C.CC(F)C(=N)SC(=N)c1nc(Cl)c2c(N3CCN(C)CC3)c[c-]cn12.NCCCCCF.[Ce]. The normalized spacial score (nSPS) is 14.1. The maximum absolute atomic E-state index is 13.2. The predicted molar refractivity (Wildman–Crippen MR) is 155 cm³/mol. The van der Waals surface area contributed by atoms with Gasteiger partial charge in [0.05, 0.1) is 6.67 Å². The van der Waals surface area contributed by atoms with Crippen LogP contribution in [-0.2, 0) is 0 Å². The number of fused-ring (bicyclic) bond motifs is 1. The summed E-state index contributed by atoms with van der Waals surface area (Å²) in [6, 6.07) is 4.95. The van der Waals surface area contributed by atoms with Crippen LogP contribution in [-0.4, -0.2) is 77.0 Å². The molecule has 3 rings (SSSR count). The predicted octanol–water partition coefficient (Wildman–Crippen LogP) is 5.85. The number of hydrogen-bond acceptors (Lipinski definition) is 7. The van der Waals surface area contributed by atoms with Crippen molar-refractivity contribution < 1.29 is 50.5 Å². The van der Waals surface area contributed by atoms with Crippen molar-refractivity contribution in [3.8, 4) is 0 Å². The number of unbranched alkanes of at least 4 members (excludes halogenated alkanes) is 2. The number of likely N-dealkylation sites (N-methyl/N-ethyl adjacent to an activating group) is 1. The smallest absolute Gasteiger partial charge is 0.168 e. The minimum absolute atomic E-state index is 0. The number of nitrogens with two attached hydrogens (primary N) is 1. The van der Waals surface area contributed by atoms with Gasteiger partial charge in [0, 0.05) is 73.4 Å². The first-order chi connectivity index (χ1) is 17.6. The van der Waals surface area contributed by atoms with Gasteiger partial charge in [0.2, 0.25) is 0 Å². The summed E-state index contributed by atoms with van der Waals surface area (Å²) >= 11 is 7.10. The molecule has 2 aromatic heterocycles. The zero-order valence-electron chi connectivity index (χ0n) is 22.9. The number of pyridine rings is 1. The number of alkyl halides is 2. The van der Waals surface area contributed by atoms with Crippen molar-refractivity contribution in [1.82, 2.24) is 14.3 Å². The van der Waals surface area contributed by atoms with E-state index < -0.39 is 6.17 Å². The van der Waals surface area contributed by atoms with Gasteiger partial charge in [0.25, 0.3) is 0 Å². The van der Waals surface area contributed by atoms with Gasteiger partial charge in [-0.3, -0.25) is 15.2 Å². The Labute approximate surface area is 269 Å². The molecule has 0 saturated carbocycles. The fourth-order valence-electron chi connectivity index (χ4n) is 3.12. The van der Waals surface area contributed by atoms with Crippen molar-refractivity contribution in [2.24, 2.45) is 11.7 Å². The molecule has 1 unspecified atom stereocenters. The number of halogens is 3.